The van der Waals surface area contributed by atoms with E-state index in [1.54, 1.807) is 0 Å². The van der Waals surface area contributed by atoms with E-state index in [0.29, 0.717) is 13.2 Å². The van der Waals surface area contributed by atoms with Crippen molar-refractivity contribution in [3.8, 4) is 0 Å². The highest BCUT2D eigenvalue weighted by Gasteiger charge is 1.99. The summed E-state index contributed by atoms with van der Waals surface area (Å²) in [6, 6.07) is 0. The molecule has 0 fully saturated rings. The largest absolute Gasteiger partial charge is 0.481 e. The SMILES string of the molecule is CCCCCC(O)/C=C/C=C\C/C=C\C/C=C\CCCCCC(=O)O.CCCCCC(O)/C=C/C=C\C/C=C\C/C=C\COCC(=O)O.CCCCCC(O)/C=C/C=C\CCCC/C=C\COCC(=O)O. The van der Waals surface area contributed by atoms with Gasteiger partial charge in [0.1, 0.15) is 13.2 Å². The lowest BCUT2D eigenvalue weighted by atomic mass is 10.1. The molecule has 0 spiro atoms. The zero-order chi connectivity index (χ0) is 52.9. The first kappa shape index (κ1) is 70.6. The number of unbranched alkanes of at least 4 members (excludes halogenated alkanes) is 12. The molecule has 11 heteroatoms. The molecule has 0 aliphatic carbocycles. The van der Waals surface area contributed by atoms with Crippen molar-refractivity contribution >= 4 is 17.9 Å². The van der Waals surface area contributed by atoms with Gasteiger partial charge in [0.05, 0.1) is 31.5 Å². The lowest BCUT2D eigenvalue weighted by molar-refractivity contribution is -0.142. The zero-order valence-corrected chi connectivity index (χ0v) is 44.2. The van der Waals surface area contributed by atoms with Crippen molar-refractivity contribution in [3.63, 3.8) is 0 Å². The Bertz CT molecular complexity index is 1530. The highest BCUT2D eigenvalue weighted by atomic mass is 16.5. The van der Waals surface area contributed by atoms with Crippen LogP contribution in [0.25, 0.3) is 0 Å². The molecule has 11 nitrogen and oxygen atoms in total. The van der Waals surface area contributed by atoms with Gasteiger partial charge in [-0.05, 0) is 89.9 Å². The van der Waals surface area contributed by atoms with E-state index >= 15 is 0 Å². The number of carboxylic acid groups (broad SMARTS) is 3. The smallest absolute Gasteiger partial charge is 0.329 e. The Morgan fingerprint density at radius 2 is 0.704 bits per heavy atom. The fourth-order valence-corrected chi connectivity index (χ4v) is 6.10. The lowest BCUT2D eigenvalue weighted by Crippen LogP contribution is -2.06. The highest BCUT2D eigenvalue weighted by Crippen LogP contribution is 2.08. The topological polar surface area (TPSA) is 191 Å². The van der Waals surface area contributed by atoms with E-state index in [9.17, 15) is 29.7 Å². The Kier molecular flexibility index (Phi) is 61.1. The standard InChI is InChI=1S/C22H36O3.C19H32O4.C19H30O4/c1-2-3-15-18-21(23)19-16-13-11-9-7-5-4-6-8-10-12-14-17-20-22(24)25;2*1-2-3-11-14-18(20)15-12-9-7-5-4-6-8-10-13-16-23-17-19(21)22/h5-8,11,13,16,19,21,23H,2-4,9-10,12,14-15,17-18,20H2,1H3,(H,24,25);7,9-10,12-13,15,18,20H,2-6,8,11,14,16-17H2,1H3,(H,21,22);4,6-7,9-10,12-13,15,18,20H,2-3,5,8,11,14,16-17H2,1H3,(H,21,22)/b7-5-,8-6-,13-11-,19-16+;9-7-,13-10-,15-12+;6-4-,9-7-,13-10-,15-12+. The predicted octanol–water partition coefficient (Wildman–Crippen LogP) is 14.3. The summed E-state index contributed by atoms with van der Waals surface area (Å²) in [6.07, 6.45) is 67.5. The van der Waals surface area contributed by atoms with Crippen LogP contribution in [-0.2, 0) is 23.9 Å². The van der Waals surface area contributed by atoms with Crippen LogP contribution in [0.5, 0.6) is 0 Å². The van der Waals surface area contributed by atoms with Gasteiger partial charge < -0.3 is 40.1 Å². The van der Waals surface area contributed by atoms with Gasteiger partial charge in [0.15, 0.2) is 0 Å². The number of allylic oxidation sites excluding steroid dienone is 17. The minimum atomic E-state index is -0.951. The Morgan fingerprint density at radius 1 is 0.366 bits per heavy atom. The number of aliphatic hydroxyl groups excluding tert-OH is 3. The summed E-state index contributed by atoms with van der Waals surface area (Å²) in [7, 11) is 0. The number of hydrogen-bond acceptors (Lipinski definition) is 8. The summed E-state index contributed by atoms with van der Waals surface area (Å²) in [4.78, 5) is 30.8. The summed E-state index contributed by atoms with van der Waals surface area (Å²) in [5.41, 5.74) is 0. The summed E-state index contributed by atoms with van der Waals surface area (Å²) >= 11 is 0. The second-order valence-electron chi connectivity index (χ2n) is 17.0. The third kappa shape index (κ3) is 72.0. The molecule has 0 heterocycles. The average Bonchev–Trinajstić information content (AvgIpc) is 3.33. The van der Waals surface area contributed by atoms with Crippen molar-refractivity contribution in [1.82, 2.24) is 0 Å². The first-order valence-electron chi connectivity index (χ1n) is 26.6. The number of hydrogen-bond donors (Lipinski definition) is 6. The van der Waals surface area contributed by atoms with Crippen LogP contribution < -0.4 is 0 Å². The molecule has 0 bridgehead atoms. The quantitative estimate of drug-likeness (QED) is 0.0193. The zero-order valence-electron chi connectivity index (χ0n) is 44.2. The van der Waals surface area contributed by atoms with Gasteiger partial charge >= 0.3 is 17.9 Å². The van der Waals surface area contributed by atoms with Crippen molar-refractivity contribution in [2.45, 2.75) is 200 Å². The van der Waals surface area contributed by atoms with Gasteiger partial charge in [0.25, 0.3) is 0 Å². The Morgan fingerprint density at radius 3 is 1.11 bits per heavy atom. The number of rotatable bonds is 45. The maximum absolute atomic E-state index is 10.4. The highest BCUT2D eigenvalue weighted by molar-refractivity contribution is 5.68. The maximum Gasteiger partial charge on any atom is 0.329 e. The molecule has 0 aliphatic rings. The van der Waals surface area contributed by atoms with E-state index in [1.165, 1.54) is 38.5 Å². The van der Waals surface area contributed by atoms with Gasteiger partial charge in [0.2, 0.25) is 0 Å². The van der Waals surface area contributed by atoms with Gasteiger partial charge in [0, 0.05) is 6.42 Å². The molecular formula is C60H98O11. The molecule has 0 rings (SSSR count). The molecule has 0 aromatic rings. The monoisotopic (exact) mass is 995 g/mol. The van der Waals surface area contributed by atoms with Crippen molar-refractivity contribution in [3.05, 3.63) is 134 Å². The molecule has 0 aromatic heterocycles. The molecular weight excluding hydrogens is 897 g/mol. The normalized spacial score (nSPS) is 13.7. The van der Waals surface area contributed by atoms with Gasteiger partial charge in [-0.3, -0.25) is 4.79 Å². The van der Waals surface area contributed by atoms with E-state index in [2.05, 4.69) is 63.3 Å². The van der Waals surface area contributed by atoms with Crippen LogP contribution in [0.2, 0.25) is 0 Å². The van der Waals surface area contributed by atoms with Gasteiger partial charge in [-0.15, -0.1) is 0 Å². The molecule has 0 radical (unpaired) electrons. The molecule has 0 aliphatic heterocycles. The van der Waals surface area contributed by atoms with Gasteiger partial charge in [-0.2, -0.15) is 0 Å². The van der Waals surface area contributed by atoms with Crippen molar-refractivity contribution in [1.29, 1.82) is 0 Å². The summed E-state index contributed by atoms with van der Waals surface area (Å²) < 4.78 is 9.76. The number of carboxylic acids is 3. The number of ether oxygens (including phenoxy) is 2. The molecule has 0 saturated heterocycles. The van der Waals surface area contributed by atoms with E-state index in [1.807, 2.05) is 91.1 Å². The van der Waals surface area contributed by atoms with Crippen LogP contribution in [-0.4, -0.2) is 93.3 Å². The van der Waals surface area contributed by atoms with E-state index in [-0.39, 0.29) is 37.9 Å². The third-order valence-corrected chi connectivity index (χ3v) is 10.1. The van der Waals surface area contributed by atoms with E-state index in [4.69, 9.17) is 24.8 Å². The molecule has 0 amide bonds. The summed E-state index contributed by atoms with van der Waals surface area (Å²) in [5, 5.41) is 54.4. The predicted molar refractivity (Wildman–Crippen MR) is 296 cm³/mol. The average molecular weight is 995 g/mol. The Labute approximate surface area is 430 Å². The molecule has 0 saturated carbocycles. The number of carbonyl (C=O) groups is 3. The van der Waals surface area contributed by atoms with Gasteiger partial charge in [-0.1, -0.05) is 219 Å². The lowest BCUT2D eigenvalue weighted by Gasteiger charge is -2.03. The molecule has 3 unspecified atom stereocenters. The first-order valence-corrected chi connectivity index (χ1v) is 26.6. The fraction of sp³-hybridized carbons (Fsp3) is 0.583. The summed E-state index contributed by atoms with van der Waals surface area (Å²) in [5.74, 6) is -2.59. The first-order chi connectivity index (χ1) is 34.5. The number of aliphatic carboxylic acids is 3. The van der Waals surface area contributed by atoms with E-state index < -0.39 is 17.9 Å². The van der Waals surface area contributed by atoms with Crippen molar-refractivity contribution < 1.29 is 54.5 Å². The van der Waals surface area contributed by atoms with Crippen molar-refractivity contribution in [2.75, 3.05) is 26.4 Å². The Hall–Kier alpha value is -4.65. The van der Waals surface area contributed by atoms with Crippen LogP contribution in [0.4, 0.5) is 0 Å². The summed E-state index contributed by atoms with van der Waals surface area (Å²) in [6.45, 7) is 6.67. The van der Waals surface area contributed by atoms with Crippen LogP contribution >= 0.6 is 0 Å². The van der Waals surface area contributed by atoms with Crippen molar-refractivity contribution in [2.24, 2.45) is 0 Å². The third-order valence-electron chi connectivity index (χ3n) is 10.1. The second-order valence-corrected chi connectivity index (χ2v) is 17.0. The van der Waals surface area contributed by atoms with Crippen LogP contribution in [0, 0.1) is 0 Å². The minimum Gasteiger partial charge on any atom is -0.481 e. The van der Waals surface area contributed by atoms with Crippen LogP contribution in [0.3, 0.4) is 0 Å². The number of aliphatic hydroxyl groups is 3. The molecule has 71 heavy (non-hydrogen) atoms. The van der Waals surface area contributed by atoms with Gasteiger partial charge in [-0.25, -0.2) is 9.59 Å². The minimum absolute atomic E-state index is 0.240. The van der Waals surface area contributed by atoms with Crippen LogP contribution in [0.15, 0.2) is 134 Å². The Balaban J connectivity index is -0.000000978. The van der Waals surface area contributed by atoms with E-state index in [0.717, 1.165) is 116 Å². The van der Waals surface area contributed by atoms with Crippen LogP contribution in [0.1, 0.15) is 181 Å². The molecule has 404 valence electrons. The molecule has 0 aromatic carbocycles. The fourth-order valence-electron chi connectivity index (χ4n) is 6.10. The molecule has 6 N–H and O–H groups in total. The molecule has 3 atom stereocenters. The maximum atomic E-state index is 10.4. The second kappa shape index (κ2) is 61.5.